The van der Waals surface area contributed by atoms with E-state index in [4.69, 9.17) is 4.74 Å². The summed E-state index contributed by atoms with van der Waals surface area (Å²) in [6.45, 7) is 2.25. The molecule has 5 nitrogen and oxygen atoms in total. The SMILES string of the molecule is CCCCCCCCCCCCCc1cccc(Oc2cc([O-])ccc2S(=O)(=O)O)c1.[K+]. The predicted molar refractivity (Wildman–Crippen MR) is 122 cm³/mol. The van der Waals surface area contributed by atoms with E-state index in [-0.39, 0.29) is 62.9 Å². The maximum absolute atomic E-state index is 11.6. The van der Waals surface area contributed by atoms with Crippen LogP contribution in [0.4, 0.5) is 0 Å². The van der Waals surface area contributed by atoms with Gasteiger partial charge in [-0.15, -0.1) is 5.75 Å². The summed E-state index contributed by atoms with van der Waals surface area (Å²) in [4.78, 5) is -0.414. The molecule has 0 bridgehead atoms. The molecule has 0 spiro atoms. The Bertz CT molecular complexity index is 899. The van der Waals surface area contributed by atoms with Crippen molar-refractivity contribution in [2.75, 3.05) is 0 Å². The van der Waals surface area contributed by atoms with Crippen molar-refractivity contribution in [1.29, 1.82) is 0 Å². The van der Waals surface area contributed by atoms with Crippen LogP contribution in [0, 0.1) is 0 Å². The van der Waals surface area contributed by atoms with Crippen LogP contribution in [0.15, 0.2) is 47.4 Å². The maximum Gasteiger partial charge on any atom is 1.00 e. The normalized spacial score (nSPS) is 11.2. The van der Waals surface area contributed by atoms with Crippen LogP contribution >= 0.6 is 0 Å². The first kappa shape index (κ1) is 29.6. The molecular weight excluding hydrogens is 451 g/mol. The Balaban J connectivity index is 0.00000512. The van der Waals surface area contributed by atoms with Crippen LogP contribution in [0.1, 0.15) is 83.1 Å². The van der Waals surface area contributed by atoms with Crippen LogP contribution in [-0.2, 0) is 16.5 Å². The topological polar surface area (TPSA) is 86.7 Å². The predicted octanol–water partition coefficient (Wildman–Crippen LogP) is 3.66. The molecule has 0 amide bonds. The van der Waals surface area contributed by atoms with Gasteiger partial charge >= 0.3 is 51.4 Å². The van der Waals surface area contributed by atoms with E-state index in [1.807, 2.05) is 18.2 Å². The van der Waals surface area contributed by atoms with E-state index in [9.17, 15) is 18.1 Å². The molecule has 0 saturated heterocycles. The zero-order valence-electron chi connectivity index (χ0n) is 19.5. The molecule has 0 aliphatic carbocycles. The molecule has 0 aromatic heterocycles. The van der Waals surface area contributed by atoms with E-state index in [0.29, 0.717) is 5.75 Å². The molecule has 2 aromatic carbocycles. The van der Waals surface area contributed by atoms with E-state index in [1.54, 1.807) is 6.07 Å². The summed E-state index contributed by atoms with van der Waals surface area (Å²) in [5, 5.41) is 11.6. The molecule has 1 N–H and O–H groups in total. The Labute approximate surface area is 236 Å². The molecular formula is C25H35KO5S. The summed E-state index contributed by atoms with van der Waals surface area (Å²) >= 11 is 0. The van der Waals surface area contributed by atoms with Crippen molar-refractivity contribution in [2.45, 2.75) is 88.9 Å². The van der Waals surface area contributed by atoms with Gasteiger partial charge in [-0.2, -0.15) is 8.42 Å². The summed E-state index contributed by atoms with van der Waals surface area (Å²) in [5.41, 5.74) is 1.10. The van der Waals surface area contributed by atoms with Crippen LogP contribution < -0.4 is 61.2 Å². The second kappa shape index (κ2) is 16.3. The Morgan fingerprint density at radius 2 is 1.44 bits per heavy atom. The van der Waals surface area contributed by atoms with Crippen molar-refractivity contribution in [2.24, 2.45) is 0 Å². The van der Waals surface area contributed by atoms with Gasteiger partial charge in [0.2, 0.25) is 0 Å². The minimum Gasteiger partial charge on any atom is -0.872 e. The zero-order chi connectivity index (χ0) is 22.5. The fourth-order valence-corrected chi connectivity index (χ4v) is 4.26. The first-order valence-electron chi connectivity index (χ1n) is 11.5. The Kier molecular flexibility index (Phi) is 15.0. The van der Waals surface area contributed by atoms with Crippen LogP contribution in [-0.4, -0.2) is 13.0 Å². The third-order valence-corrected chi connectivity index (χ3v) is 6.28. The average molecular weight is 487 g/mol. The fraction of sp³-hybridized carbons (Fsp3) is 0.520. The Morgan fingerprint density at radius 3 is 2.03 bits per heavy atom. The summed E-state index contributed by atoms with van der Waals surface area (Å²) < 4.78 is 38.0. The van der Waals surface area contributed by atoms with Gasteiger partial charge in [-0.25, -0.2) is 0 Å². The van der Waals surface area contributed by atoms with Gasteiger partial charge < -0.3 is 9.84 Å². The van der Waals surface area contributed by atoms with Gasteiger partial charge in [-0.05, 0) is 42.7 Å². The van der Waals surface area contributed by atoms with E-state index < -0.39 is 15.0 Å². The van der Waals surface area contributed by atoms with Gasteiger partial charge in [0.05, 0.1) is 0 Å². The Hall–Kier alpha value is -0.414. The molecule has 0 radical (unpaired) electrons. The van der Waals surface area contributed by atoms with Crippen LogP contribution in [0.5, 0.6) is 17.2 Å². The molecule has 7 heteroatoms. The maximum atomic E-state index is 11.6. The van der Waals surface area contributed by atoms with Gasteiger partial charge in [0, 0.05) is 0 Å². The molecule has 2 aromatic rings. The molecule has 2 rings (SSSR count). The van der Waals surface area contributed by atoms with E-state index in [2.05, 4.69) is 6.92 Å². The second-order valence-corrected chi connectivity index (χ2v) is 9.51. The first-order valence-corrected chi connectivity index (χ1v) is 12.9. The van der Waals surface area contributed by atoms with Crippen molar-refractivity contribution in [1.82, 2.24) is 0 Å². The standard InChI is InChI=1S/C25H36O5S.K/c1-2-3-4-5-6-7-8-9-10-11-12-14-21-15-13-16-23(19-21)30-24-20-22(26)17-18-25(24)31(27,28)29;/h13,15-20,26H,2-12,14H2,1H3,(H,27,28,29);/q;+1/p-1. The van der Waals surface area contributed by atoms with Crippen LogP contribution in [0.25, 0.3) is 0 Å². The zero-order valence-corrected chi connectivity index (χ0v) is 23.5. The molecule has 0 atom stereocenters. The fourth-order valence-electron chi connectivity index (χ4n) is 3.67. The second-order valence-electron chi connectivity index (χ2n) is 8.12. The molecule has 32 heavy (non-hydrogen) atoms. The minimum atomic E-state index is -4.48. The van der Waals surface area contributed by atoms with Crippen molar-refractivity contribution < 1.29 is 74.2 Å². The first-order chi connectivity index (χ1) is 14.9. The third kappa shape index (κ3) is 11.6. The largest absolute Gasteiger partial charge is 1.00 e. The van der Waals surface area contributed by atoms with E-state index in [1.165, 1.54) is 64.2 Å². The van der Waals surface area contributed by atoms with Crippen LogP contribution in [0.2, 0.25) is 0 Å². The number of rotatable bonds is 15. The summed E-state index contributed by atoms with van der Waals surface area (Å²) in [6.07, 6.45) is 15.2. The van der Waals surface area contributed by atoms with Gasteiger partial charge in [0.25, 0.3) is 10.1 Å². The molecule has 0 saturated carbocycles. The Morgan fingerprint density at radius 1 is 0.844 bits per heavy atom. The molecule has 0 fully saturated rings. The van der Waals surface area contributed by atoms with Crippen molar-refractivity contribution in [3.05, 3.63) is 48.0 Å². The number of hydrogen-bond donors (Lipinski definition) is 1. The third-order valence-electron chi connectivity index (χ3n) is 5.39. The summed E-state index contributed by atoms with van der Waals surface area (Å²) in [6, 6.07) is 10.6. The monoisotopic (exact) mass is 486 g/mol. The number of unbranched alkanes of at least 4 members (excludes halogenated alkanes) is 10. The van der Waals surface area contributed by atoms with Gasteiger partial charge in [-0.1, -0.05) is 89.3 Å². The van der Waals surface area contributed by atoms with Gasteiger partial charge in [0.1, 0.15) is 16.4 Å². The van der Waals surface area contributed by atoms with Gasteiger partial charge in [-0.3, -0.25) is 4.55 Å². The number of ether oxygens (including phenoxy) is 1. The molecule has 0 aliphatic heterocycles. The smallest absolute Gasteiger partial charge is 0.872 e. The van der Waals surface area contributed by atoms with Crippen molar-refractivity contribution in [3.63, 3.8) is 0 Å². The average Bonchev–Trinajstić information content (AvgIpc) is 2.71. The summed E-state index contributed by atoms with van der Waals surface area (Å²) in [5.74, 6) is -0.113. The number of hydrogen-bond acceptors (Lipinski definition) is 4. The molecule has 0 unspecified atom stereocenters. The van der Waals surface area contributed by atoms with Crippen molar-refractivity contribution >= 4 is 10.1 Å². The number of benzene rings is 2. The van der Waals surface area contributed by atoms with Gasteiger partial charge in [0.15, 0.2) is 0 Å². The quantitative estimate of drug-likeness (QED) is 0.236. The van der Waals surface area contributed by atoms with E-state index >= 15 is 0 Å². The van der Waals surface area contributed by atoms with Crippen molar-refractivity contribution in [3.8, 4) is 17.2 Å². The van der Waals surface area contributed by atoms with E-state index in [0.717, 1.165) is 36.6 Å². The summed E-state index contributed by atoms with van der Waals surface area (Å²) in [7, 11) is -4.48. The molecule has 0 heterocycles. The van der Waals surface area contributed by atoms with Crippen LogP contribution in [0.3, 0.4) is 0 Å². The number of aryl methyl sites for hydroxylation is 1. The minimum absolute atomic E-state index is 0. The molecule has 172 valence electrons. The molecule has 0 aliphatic rings.